The van der Waals surface area contributed by atoms with Crippen LogP contribution < -0.4 is 5.32 Å². The van der Waals surface area contributed by atoms with Crippen molar-refractivity contribution in [1.82, 2.24) is 4.31 Å². The minimum Gasteiger partial charge on any atom is -0.387 e. The monoisotopic (exact) mass is 315 g/mol. The average molecular weight is 315 g/mol. The fourth-order valence-corrected chi connectivity index (χ4v) is 3.83. The Balaban J connectivity index is 2.46. The van der Waals surface area contributed by atoms with Crippen molar-refractivity contribution in [2.45, 2.75) is 11.3 Å². The molecule has 0 bridgehead atoms. The highest BCUT2D eigenvalue weighted by Crippen LogP contribution is 2.29. The summed E-state index contributed by atoms with van der Waals surface area (Å²) in [5.74, 6) is 0. The van der Waals surface area contributed by atoms with Crippen molar-refractivity contribution in [3.05, 3.63) is 28.3 Å². The van der Waals surface area contributed by atoms with Crippen molar-refractivity contribution < 1.29 is 18.1 Å². The minimum absolute atomic E-state index is 0.0823. The second-order valence-electron chi connectivity index (χ2n) is 4.56. The lowest BCUT2D eigenvalue weighted by Gasteiger charge is -2.20. The molecule has 0 aliphatic carbocycles. The van der Waals surface area contributed by atoms with Crippen LogP contribution in [-0.4, -0.2) is 51.0 Å². The van der Waals surface area contributed by atoms with E-state index in [4.69, 9.17) is 4.74 Å². The third-order valence-electron chi connectivity index (χ3n) is 3.24. The van der Waals surface area contributed by atoms with Gasteiger partial charge in [-0.3, -0.25) is 10.1 Å². The summed E-state index contributed by atoms with van der Waals surface area (Å²) in [5.41, 5.74) is 0.0874. The molecule has 0 unspecified atom stereocenters. The Morgan fingerprint density at radius 3 is 2.76 bits per heavy atom. The van der Waals surface area contributed by atoms with Crippen LogP contribution in [0.2, 0.25) is 0 Å². The maximum absolute atomic E-state index is 12.7. The zero-order valence-electron chi connectivity index (χ0n) is 11.6. The lowest BCUT2D eigenvalue weighted by molar-refractivity contribution is -0.385. The van der Waals surface area contributed by atoms with Gasteiger partial charge in [0.05, 0.1) is 17.2 Å². The van der Waals surface area contributed by atoms with Crippen LogP contribution in [0.4, 0.5) is 11.4 Å². The highest BCUT2D eigenvalue weighted by molar-refractivity contribution is 7.89. The molecule has 2 rings (SSSR count). The van der Waals surface area contributed by atoms with E-state index in [0.717, 1.165) is 6.07 Å². The normalized spacial score (nSPS) is 17.2. The molecule has 0 saturated carbocycles. The summed E-state index contributed by atoms with van der Waals surface area (Å²) in [6.07, 6.45) is 0.600. The highest BCUT2D eigenvalue weighted by Gasteiger charge is 2.29. The minimum atomic E-state index is -3.80. The molecule has 0 amide bonds. The molecule has 0 atom stereocenters. The number of hydrogen-bond donors (Lipinski definition) is 1. The van der Waals surface area contributed by atoms with Gasteiger partial charge >= 0.3 is 0 Å². The highest BCUT2D eigenvalue weighted by atomic mass is 32.2. The Kier molecular flexibility index (Phi) is 4.76. The van der Waals surface area contributed by atoms with E-state index in [0.29, 0.717) is 31.9 Å². The predicted molar refractivity (Wildman–Crippen MR) is 76.8 cm³/mol. The Labute approximate surface area is 122 Å². The van der Waals surface area contributed by atoms with Crippen LogP contribution in [0.15, 0.2) is 23.1 Å². The first-order valence-corrected chi connectivity index (χ1v) is 7.95. The van der Waals surface area contributed by atoms with Crippen molar-refractivity contribution in [2.24, 2.45) is 0 Å². The van der Waals surface area contributed by atoms with E-state index in [1.807, 2.05) is 0 Å². The number of benzene rings is 1. The van der Waals surface area contributed by atoms with Crippen LogP contribution >= 0.6 is 0 Å². The van der Waals surface area contributed by atoms with Crippen molar-refractivity contribution in [3.8, 4) is 0 Å². The van der Waals surface area contributed by atoms with Gasteiger partial charge < -0.3 is 10.1 Å². The molecule has 1 heterocycles. The maximum atomic E-state index is 12.7. The van der Waals surface area contributed by atoms with Gasteiger partial charge in [0.2, 0.25) is 10.0 Å². The summed E-state index contributed by atoms with van der Waals surface area (Å²) in [5, 5.41) is 13.6. The summed E-state index contributed by atoms with van der Waals surface area (Å²) in [6, 6.07) is 3.77. The van der Waals surface area contributed by atoms with Gasteiger partial charge in [-0.2, -0.15) is 4.31 Å². The third-order valence-corrected chi connectivity index (χ3v) is 5.18. The summed E-state index contributed by atoms with van der Waals surface area (Å²) >= 11 is 0. The number of nitro benzene ring substituents is 1. The second-order valence-corrected chi connectivity index (χ2v) is 6.46. The summed E-state index contributed by atoms with van der Waals surface area (Å²) < 4.78 is 32.0. The van der Waals surface area contributed by atoms with Gasteiger partial charge in [0, 0.05) is 38.9 Å². The van der Waals surface area contributed by atoms with Gasteiger partial charge in [0.25, 0.3) is 5.69 Å². The molecule has 1 aromatic rings. The number of nitrogens with one attached hydrogen (secondary N) is 1. The number of non-ortho nitro benzene ring substituents is 1. The van der Waals surface area contributed by atoms with Crippen LogP contribution in [0.25, 0.3) is 0 Å². The van der Waals surface area contributed by atoms with E-state index in [1.54, 1.807) is 7.05 Å². The van der Waals surface area contributed by atoms with E-state index >= 15 is 0 Å². The van der Waals surface area contributed by atoms with E-state index in [9.17, 15) is 18.5 Å². The number of nitrogens with zero attached hydrogens (tertiary/aromatic N) is 2. The largest absolute Gasteiger partial charge is 0.387 e. The van der Waals surface area contributed by atoms with E-state index in [2.05, 4.69) is 5.32 Å². The van der Waals surface area contributed by atoms with E-state index in [1.165, 1.54) is 16.4 Å². The number of anilines is 1. The standard InChI is InChI=1S/C12H17N3O5S/c1-13-11-4-3-10(15(16)17)9-12(11)21(18,19)14-5-2-7-20-8-6-14/h3-4,9,13H,2,5-8H2,1H3. The fraction of sp³-hybridized carbons (Fsp3) is 0.500. The molecule has 1 aliphatic rings. The summed E-state index contributed by atoms with van der Waals surface area (Å²) in [6.45, 7) is 1.42. The SMILES string of the molecule is CNc1ccc([N+](=O)[O-])cc1S(=O)(=O)N1CCCOCC1. The summed E-state index contributed by atoms with van der Waals surface area (Å²) in [7, 11) is -2.22. The maximum Gasteiger partial charge on any atom is 0.270 e. The van der Waals surface area contributed by atoms with Crippen LogP contribution in [0.5, 0.6) is 0 Å². The Morgan fingerprint density at radius 1 is 1.33 bits per heavy atom. The van der Waals surface area contributed by atoms with Gasteiger partial charge in [-0.1, -0.05) is 0 Å². The number of nitro groups is 1. The number of sulfonamides is 1. The zero-order valence-corrected chi connectivity index (χ0v) is 12.4. The molecule has 9 heteroatoms. The molecule has 116 valence electrons. The molecular weight excluding hydrogens is 298 g/mol. The number of ether oxygens (including phenoxy) is 1. The predicted octanol–water partition coefficient (Wildman–Crippen LogP) is 1.05. The molecule has 0 radical (unpaired) electrons. The molecule has 21 heavy (non-hydrogen) atoms. The van der Waals surface area contributed by atoms with Crippen LogP contribution in [-0.2, 0) is 14.8 Å². The fourth-order valence-electron chi connectivity index (χ4n) is 2.15. The van der Waals surface area contributed by atoms with Crippen molar-refractivity contribution in [2.75, 3.05) is 38.7 Å². The first-order valence-electron chi connectivity index (χ1n) is 6.51. The molecule has 1 fully saturated rings. The molecule has 1 aromatic carbocycles. The molecule has 1 N–H and O–H groups in total. The lowest BCUT2D eigenvalue weighted by Crippen LogP contribution is -2.33. The quantitative estimate of drug-likeness (QED) is 0.658. The smallest absolute Gasteiger partial charge is 0.270 e. The number of rotatable bonds is 4. The topological polar surface area (TPSA) is 102 Å². The van der Waals surface area contributed by atoms with E-state index in [-0.39, 0.29) is 17.1 Å². The third kappa shape index (κ3) is 3.31. The number of hydrogen-bond acceptors (Lipinski definition) is 6. The first kappa shape index (κ1) is 15.7. The Hall–Kier alpha value is -1.71. The molecule has 8 nitrogen and oxygen atoms in total. The molecular formula is C12H17N3O5S. The lowest BCUT2D eigenvalue weighted by atomic mass is 10.3. The molecule has 1 aliphatic heterocycles. The van der Waals surface area contributed by atoms with Gasteiger partial charge in [-0.15, -0.1) is 0 Å². The van der Waals surface area contributed by atoms with Gasteiger partial charge in [-0.05, 0) is 12.5 Å². The van der Waals surface area contributed by atoms with Gasteiger partial charge in [0.15, 0.2) is 0 Å². The average Bonchev–Trinajstić information content (AvgIpc) is 2.76. The first-order chi connectivity index (χ1) is 9.96. The van der Waals surface area contributed by atoms with Gasteiger partial charge in [0.1, 0.15) is 4.90 Å². The van der Waals surface area contributed by atoms with Crippen LogP contribution in [0.1, 0.15) is 6.42 Å². The molecule has 1 saturated heterocycles. The van der Waals surface area contributed by atoms with E-state index < -0.39 is 14.9 Å². The zero-order chi connectivity index (χ0) is 15.5. The Bertz CT molecular complexity index is 624. The van der Waals surface area contributed by atoms with Crippen molar-refractivity contribution in [3.63, 3.8) is 0 Å². The summed E-state index contributed by atoms with van der Waals surface area (Å²) in [4.78, 5) is 10.2. The van der Waals surface area contributed by atoms with Crippen LogP contribution in [0.3, 0.4) is 0 Å². The van der Waals surface area contributed by atoms with Crippen LogP contribution in [0, 0.1) is 10.1 Å². The Morgan fingerprint density at radius 2 is 2.10 bits per heavy atom. The second kappa shape index (κ2) is 6.37. The molecule has 0 aromatic heterocycles. The molecule has 0 spiro atoms. The van der Waals surface area contributed by atoms with Crippen molar-refractivity contribution >= 4 is 21.4 Å². The van der Waals surface area contributed by atoms with Gasteiger partial charge in [-0.25, -0.2) is 8.42 Å². The van der Waals surface area contributed by atoms with Crippen molar-refractivity contribution in [1.29, 1.82) is 0 Å².